The smallest absolute Gasteiger partial charge is 0.251 e. The molecular weight excluding hydrogens is 356 g/mol. The third-order valence-electron chi connectivity index (χ3n) is 4.95. The number of para-hydroxylation sites is 1. The first-order valence-corrected chi connectivity index (χ1v) is 9.15. The molecular formula is C22H18N2O4. The van der Waals surface area contributed by atoms with E-state index in [1.165, 1.54) is 0 Å². The Labute approximate surface area is 162 Å². The molecule has 0 radical (unpaired) electrons. The molecule has 1 atom stereocenters. The van der Waals surface area contributed by atoms with Crippen LogP contribution in [-0.4, -0.2) is 30.3 Å². The van der Waals surface area contributed by atoms with Gasteiger partial charge in [-0.25, -0.2) is 0 Å². The van der Waals surface area contributed by atoms with Crippen molar-refractivity contribution in [3.05, 3.63) is 72.1 Å². The summed E-state index contributed by atoms with van der Waals surface area (Å²) in [5.41, 5.74) is 3.80. The molecule has 1 aromatic heterocycles. The third kappa shape index (κ3) is 3.03. The molecule has 1 amide bonds. The molecule has 0 spiro atoms. The van der Waals surface area contributed by atoms with Gasteiger partial charge in [0.1, 0.15) is 11.9 Å². The first-order valence-electron chi connectivity index (χ1n) is 9.15. The molecule has 0 bridgehead atoms. The summed E-state index contributed by atoms with van der Waals surface area (Å²) >= 11 is 0. The molecule has 6 nitrogen and oxygen atoms in total. The summed E-state index contributed by atoms with van der Waals surface area (Å²) in [6.45, 7) is 0.617. The average Bonchev–Trinajstić information content (AvgIpc) is 3.38. The Balaban J connectivity index is 1.27. The molecule has 2 aliphatic rings. The summed E-state index contributed by atoms with van der Waals surface area (Å²) in [5, 5.41) is 2.96. The highest BCUT2D eigenvalue weighted by Crippen LogP contribution is 2.38. The molecule has 0 saturated heterocycles. The van der Waals surface area contributed by atoms with Crippen LogP contribution in [0.15, 0.2) is 60.9 Å². The molecule has 2 aliphatic heterocycles. The number of fused-ring (bicyclic) bond motifs is 2. The van der Waals surface area contributed by atoms with E-state index in [4.69, 9.17) is 14.2 Å². The Kier molecular flexibility index (Phi) is 4.09. The number of ether oxygens (including phenoxy) is 3. The van der Waals surface area contributed by atoms with Crippen molar-refractivity contribution in [2.24, 2.45) is 0 Å². The van der Waals surface area contributed by atoms with Gasteiger partial charge >= 0.3 is 0 Å². The second-order valence-corrected chi connectivity index (χ2v) is 6.75. The number of amides is 1. The van der Waals surface area contributed by atoms with Crippen molar-refractivity contribution in [2.75, 3.05) is 13.3 Å². The monoisotopic (exact) mass is 374 g/mol. The van der Waals surface area contributed by atoms with Crippen molar-refractivity contribution in [1.82, 2.24) is 10.3 Å². The molecule has 3 aromatic rings. The van der Waals surface area contributed by atoms with Gasteiger partial charge in [-0.15, -0.1) is 0 Å². The number of hydrogen-bond acceptors (Lipinski definition) is 5. The fourth-order valence-electron chi connectivity index (χ4n) is 3.56. The number of hydrogen-bond donors (Lipinski definition) is 1. The maximum atomic E-state index is 12.5. The zero-order chi connectivity index (χ0) is 18.9. The minimum absolute atomic E-state index is 0.101. The van der Waals surface area contributed by atoms with Crippen molar-refractivity contribution < 1.29 is 19.0 Å². The summed E-state index contributed by atoms with van der Waals surface area (Å²) in [4.78, 5) is 16.6. The standard InChI is InChI=1S/C22H18N2O4/c25-22(16-4-5-19-20(11-16)27-13-26-19)24-12-17-10-15-2-1-3-18(21(15)28-17)14-6-8-23-9-7-14/h1-9,11,17H,10,12-13H2,(H,24,25)/t17-/m0/s1. The highest BCUT2D eigenvalue weighted by atomic mass is 16.7. The molecule has 0 aliphatic carbocycles. The summed E-state index contributed by atoms with van der Waals surface area (Å²) in [5.74, 6) is 1.98. The molecule has 6 heteroatoms. The van der Waals surface area contributed by atoms with Crippen LogP contribution in [0.2, 0.25) is 0 Å². The Morgan fingerprint density at radius 2 is 1.93 bits per heavy atom. The highest BCUT2D eigenvalue weighted by molar-refractivity contribution is 5.95. The van der Waals surface area contributed by atoms with Crippen LogP contribution < -0.4 is 19.5 Å². The molecule has 0 fully saturated rings. The van der Waals surface area contributed by atoms with Gasteiger partial charge in [-0.2, -0.15) is 0 Å². The van der Waals surface area contributed by atoms with Gasteiger partial charge in [-0.3, -0.25) is 9.78 Å². The van der Waals surface area contributed by atoms with E-state index in [9.17, 15) is 4.79 Å². The second kappa shape index (κ2) is 6.88. The van der Waals surface area contributed by atoms with Crippen LogP contribution in [0, 0.1) is 0 Å². The minimum Gasteiger partial charge on any atom is -0.487 e. The topological polar surface area (TPSA) is 69.7 Å². The lowest BCUT2D eigenvalue weighted by Crippen LogP contribution is -2.34. The van der Waals surface area contributed by atoms with Crippen molar-refractivity contribution in [3.63, 3.8) is 0 Å². The van der Waals surface area contributed by atoms with Crippen LogP contribution in [-0.2, 0) is 6.42 Å². The second-order valence-electron chi connectivity index (χ2n) is 6.75. The number of nitrogens with zero attached hydrogens (tertiary/aromatic N) is 1. The van der Waals surface area contributed by atoms with Gasteiger partial charge in [0.2, 0.25) is 6.79 Å². The molecule has 140 valence electrons. The Bertz CT molecular complexity index is 1040. The highest BCUT2D eigenvalue weighted by Gasteiger charge is 2.26. The number of benzene rings is 2. The van der Waals surface area contributed by atoms with E-state index in [-0.39, 0.29) is 18.8 Å². The maximum Gasteiger partial charge on any atom is 0.251 e. The number of nitrogens with one attached hydrogen (secondary N) is 1. The molecule has 3 heterocycles. The number of rotatable bonds is 4. The van der Waals surface area contributed by atoms with Gasteiger partial charge in [0, 0.05) is 29.9 Å². The van der Waals surface area contributed by atoms with Gasteiger partial charge in [-0.1, -0.05) is 18.2 Å². The van der Waals surface area contributed by atoms with Crippen molar-refractivity contribution in [1.29, 1.82) is 0 Å². The van der Waals surface area contributed by atoms with Gasteiger partial charge in [0.05, 0.1) is 6.54 Å². The van der Waals surface area contributed by atoms with E-state index >= 15 is 0 Å². The zero-order valence-electron chi connectivity index (χ0n) is 15.1. The lowest BCUT2D eigenvalue weighted by molar-refractivity contribution is 0.0933. The predicted molar refractivity (Wildman–Crippen MR) is 103 cm³/mol. The van der Waals surface area contributed by atoms with Crippen LogP contribution in [0.3, 0.4) is 0 Å². The largest absolute Gasteiger partial charge is 0.487 e. The van der Waals surface area contributed by atoms with Gasteiger partial charge in [0.25, 0.3) is 5.91 Å². The van der Waals surface area contributed by atoms with Crippen LogP contribution in [0.4, 0.5) is 0 Å². The van der Waals surface area contributed by atoms with E-state index in [1.807, 2.05) is 24.3 Å². The van der Waals surface area contributed by atoms with E-state index in [0.717, 1.165) is 28.9 Å². The lowest BCUT2D eigenvalue weighted by Gasteiger charge is -2.14. The van der Waals surface area contributed by atoms with Crippen LogP contribution in [0.1, 0.15) is 15.9 Å². The number of carbonyl (C=O) groups excluding carboxylic acids is 1. The molecule has 28 heavy (non-hydrogen) atoms. The summed E-state index contributed by atoms with van der Waals surface area (Å²) < 4.78 is 16.8. The van der Waals surface area contributed by atoms with Gasteiger partial charge < -0.3 is 19.5 Å². The van der Waals surface area contributed by atoms with E-state index in [1.54, 1.807) is 30.6 Å². The quantitative estimate of drug-likeness (QED) is 0.759. The van der Waals surface area contributed by atoms with Crippen molar-refractivity contribution in [3.8, 4) is 28.4 Å². The summed E-state index contributed by atoms with van der Waals surface area (Å²) in [7, 11) is 0. The Morgan fingerprint density at radius 1 is 1.07 bits per heavy atom. The fourth-order valence-corrected chi connectivity index (χ4v) is 3.56. The Morgan fingerprint density at radius 3 is 2.82 bits per heavy atom. The first-order chi connectivity index (χ1) is 13.8. The average molecular weight is 374 g/mol. The van der Waals surface area contributed by atoms with E-state index < -0.39 is 0 Å². The zero-order valence-corrected chi connectivity index (χ0v) is 15.1. The molecule has 0 unspecified atom stereocenters. The molecule has 0 saturated carbocycles. The third-order valence-corrected chi connectivity index (χ3v) is 4.95. The number of aromatic nitrogens is 1. The Hall–Kier alpha value is -3.54. The fraction of sp³-hybridized carbons (Fsp3) is 0.182. The molecule has 1 N–H and O–H groups in total. The summed E-state index contributed by atoms with van der Waals surface area (Å²) in [6, 6.07) is 15.3. The van der Waals surface area contributed by atoms with Crippen LogP contribution >= 0.6 is 0 Å². The van der Waals surface area contributed by atoms with E-state index in [0.29, 0.717) is 23.6 Å². The van der Waals surface area contributed by atoms with E-state index in [2.05, 4.69) is 16.4 Å². The molecule has 2 aromatic carbocycles. The molecule has 5 rings (SSSR count). The van der Waals surface area contributed by atoms with Gasteiger partial charge in [-0.05, 0) is 41.5 Å². The van der Waals surface area contributed by atoms with Crippen LogP contribution in [0.25, 0.3) is 11.1 Å². The van der Waals surface area contributed by atoms with Crippen molar-refractivity contribution >= 4 is 5.91 Å². The van der Waals surface area contributed by atoms with Crippen molar-refractivity contribution in [2.45, 2.75) is 12.5 Å². The SMILES string of the molecule is O=C(NC[C@@H]1Cc2cccc(-c3ccncc3)c2O1)c1ccc2c(c1)OCO2. The summed E-state index contributed by atoms with van der Waals surface area (Å²) in [6.07, 6.45) is 4.20. The minimum atomic E-state index is -0.160. The van der Waals surface area contributed by atoms with Crippen LogP contribution in [0.5, 0.6) is 17.2 Å². The predicted octanol–water partition coefficient (Wildman–Crippen LogP) is 3.21. The number of pyridine rings is 1. The maximum absolute atomic E-state index is 12.5. The first kappa shape index (κ1) is 16.6. The number of carbonyl (C=O) groups is 1. The normalized spacial score (nSPS) is 16.4. The van der Waals surface area contributed by atoms with Gasteiger partial charge in [0.15, 0.2) is 11.5 Å². The lowest BCUT2D eigenvalue weighted by atomic mass is 10.0.